The molecule has 12 heavy (non-hydrogen) atoms. The summed E-state index contributed by atoms with van der Waals surface area (Å²) in [7, 11) is 0. The van der Waals surface area contributed by atoms with Crippen molar-refractivity contribution in [3.05, 3.63) is 37.0 Å². The van der Waals surface area contributed by atoms with Crippen LogP contribution < -0.4 is 0 Å². The number of hydrogen-bond donors (Lipinski definition) is 0. The van der Waals surface area contributed by atoms with E-state index in [-0.39, 0.29) is 0 Å². The van der Waals surface area contributed by atoms with Crippen LogP contribution in [0.5, 0.6) is 0 Å². The van der Waals surface area contributed by atoms with Crippen molar-refractivity contribution in [2.45, 2.75) is 26.2 Å². The van der Waals surface area contributed by atoms with Crippen LogP contribution in [-0.4, -0.2) is 5.78 Å². The summed E-state index contributed by atoms with van der Waals surface area (Å²) >= 11 is 0. The smallest absolute Gasteiger partial charge is 0.136 e. The lowest BCUT2D eigenvalue weighted by Crippen LogP contribution is -1.92. The van der Waals surface area contributed by atoms with E-state index >= 15 is 0 Å². The summed E-state index contributed by atoms with van der Waals surface area (Å²) in [6, 6.07) is 0. The van der Waals surface area contributed by atoms with Crippen LogP contribution in [-0.2, 0) is 4.79 Å². The molecule has 0 aliphatic heterocycles. The standard InChI is InChI=1S/C11H16O/c1-3-5-6-7-8-10-11(12)9-4-2/h3,5-8H,1,4,9-10H2,2H3/b6-5+,8-7-. The quantitative estimate of drug-likeness (QED) is 0.551. The van der Waals surface area contributed by atoms with E-state index in [2.05, 4.69) is 6.58 Å². The lowest BCUT2D eigenvalue weighted by atomic mass is 10.2. The lowest BCUT2D eigenvalue weighted by molar-refractivity contribution is -0.118. The zero-order chi connectivity index (χ0) is 9.23. The van der Waals surface area contributed by atoms with Gasteiger partial charge in [0.2, 0.25) is 0 Å². The molecule has 0 aromatic heterocycles. The molecule has 0 saturated carbocycles. The zero-order valence-electron chi connectivity index (χ0n) is 7.62. The molecular weight excluding hydrogens is 148 g/mol. The molecule has 0 atom stereocenters. The van der Waals surface area contributed by atoms with Gasteiger partial charge in [0, 0.05) is 12.8 Å². The van der Waals surface area contributed by atoms with Crippen LogP contribution in [0.25, 0.3) is 0 Å². The summed E-state index contributed by atoms with van der Waals surface area (Å²) in [5.41, 5.74) is 0. The number of Topliss-reactive ketones (excluding diaryl/α,β-unsaturated/α-hetero) is 1. The minimum absolute atomic E-state index is 0.306. The Morgan fingerprint density at radius 3 is 2.67 bits per heavy atom. The van der Waals surface area contributed by atoms with Crippen LogP contribution in [0, 0.1) is 0 Å². The second-order valence-electron chi connectivity index (χ2n) is 2.54. The van der Waals surface area contributed by atoms with Crippen molar-refractivity contribution in [2.24, 2.45) is 0 Å². The maximum atomic E-state index is 11.0. The topological polar surface area (TPSA) is 17.1 Å². The highest BCUT2D eigenvalue weighted by Crippen LogP contribution is 1.95. The van der Waals surface area contributed by atoms with Crippen LogP contribution in [0.15, 0.2) is 37.0 Å². The Bertz CT molecular complexity index is 187. The highest BCUT2D eigenvalue weighted by atomic mass is 16.1. The first-order valence-corrected chi connectivity index (χ1v) is 4.27. The van der Waals surface area contributed by atoms with Gasteiger partial charge in [0.05, 0.1) is 0 Å². The van der Waals surface area contributed by atoms with E-state index in [1.165, 1.54) is 0 Å². The molecule has 0 aromatic rings. The predicted molar refractivity (Wildman–Crippen MR) is 53.0 cm³/mol. The molecule has 1 heteroatoms. The fourth-order valence-electron chi connectivity index (χ4n) is 0.802. The van der Waals surface area contributed by atoms with Gasteiger partial charge in [-0.1, -0.05) is 43.9 Å². The van der Waals surface area contributed by atoms with Crippen LogP contribution in [0.3, 0.4) is 0 Å². The minimum Gasteiger partial charge on any atom is -0.299 e. The van der Waals surface area contributed by atoms with E-state index in [1.54, 1.807) is 6.08 Å². The zero-order valence-corrected chi connectivity index (χ0v) is 7.62. The first-order chi connectivity index (χ1) is 5.81. The van der Waals surface area contributed by atoms with Gasteiger partial charge in [-0.05, 0) is 6.42 Å². The Hall–Kier alpha value is -1.11. The normalized spacial score (nSPS) is 11.1. The van der Waals surface area contributed by atoms with Gasteiger partial charge in [0.1, 0.15) is 5.78 Å². The molecule has 66 valence electrons. The van der Waals surface area contributed by atoms with Gasteiger partial charge < -0.3 is 0 Å². The Kier molecular flexibility index (Phi) is 7.25. The number of rotatable bonds is 6. The molecule has 0 aliphatic carbocycles. The molecule has 0 fully saturated rings. The van der Waals surface area contributed by atoms with E-state index in [0.29, 0.717) is 18.6 Å². The largest absolute Gasteiger partial charge is 0.299 e. The van der Waals surface area contributed by atoms with Crippen molar-refractivity contribution >= 4 is 5.78 Å². The molecule has 0 unspecified atom stereocenters. The average Bonchev–Trinajstić information content (AvgIpc) is 2.05. The van der Waals surface area contributed by atoms with E-state index in [9.17, 15) is 4.79 Å². The summed E-state index contributed by atoms with van der Waals surface area (Å²) in [5.74, 6) is 0.306. The molecule has 0 bridgehead atoms. The summed E-state index contributed by atoms with van der Waals surface area (Å²) < 4.78 is 0. The third kappa shape index (κ3) is 7.00. The first kappa shape index (κ1) is 10.9. The van der Waals surface area contributed by atoms with E-state index in [0.717, 1.165) is 6.42 Å². The second kappa shape index (κ2) is 7.99. The van der Waals surface area contributed by atoms with Crippen LogP contribution in [0.2, 0.25) is 0 Å². The molecule has 0 aromatic carbocycles. The third-order valence-corrected chi connectivity index (χ3v) is 1.37. The van der Waals surface area contributed by atoms with Gasteiger partial charge in [0.25, 0.3) is 0 Å². The summed E-state index contributed by atoms with van der Waals surface area (Å²) in [5, 5.41) is 0. The Balaban J connectivity index is 3.52. The molecule has 1 nitrogen and oxygen atoms in total. The number of carbonyl (C=O) groups excluding carboxylic acids is 1. The first-order valence-electron chi connectivity index (χ1n) is 4.27. The fraction of sp³-hybridized carbons (Fsp3) is 0.364. The van der Waals surface area contributed by atoms with Crippen LogP contribution in [0.1, 0.15) is 26.2 Å². The SMILES string of the molecule is C=C/C=C/C=C\CC(=O)CCC. The van der Waals surface area contributed by atoms with Gasteiger partial charge in [-0.3, -0.25) is 4.79 Å². The Morgan fingerprint density at radius 2 is 2.08 bits per heavy atom. The van der Waals surface area contributed by atoms with E-state index in [4.69, 9.17) is 0 Å². The highest BCUT2D eigenvalue weighted by molar-refractivity contribution is 5.79. The molecular formula is C11H16O. The van der Waals surface area contributed by atoms with Gasteiger partial charge in [-0.25, -0.2) is 0 Å². The molecule has 0 aliphatic rings. The molecule has 0 rings (SSSR count). The fourth-order valence-corrected chi connectivity index (χ4v) is 0.802. The third-order valence-electron chi connectivity index (χ3n) is 1.37. The van der Waals surface area contributed by atoms with E-state index < -0.39 is 0 Å². The number of carbonyl (C=O) groups is 1. The van der Waals surface area contributed by atoms with Crippen LogP contribution >= 0.6 is 0 Å². The van der Waals surface area contributed by atoms with Crippen molar-refractivity contribution in [3.8, 4) is 0 Å². The molecule has 0 spiro atoms. The summed E-state index contributed by atoms with van der Waals surface area (Å²) in [6.07, 6.45) is 11.3. The van der Waals surface area contributed by atoms with E-state index in [1.807, 2.05) is 31.2 Å². The van der Waals surface area contributed by atoms with Crippen molar-refractivity contribution in [1.82, 2.24) is 0 Å². The van der Waals surface area contributed by atoms with Crippen LogP contribution in [0.4, 0.5) is 0 Å². The van der Waals surface area contributed by atoms with Gasteiger partial charge >= 0.3 is 0 Å². The van der Waals surface area contributed by atoms with Crippen molar-refractivity contribution in [1.29, 1.82) is 0 Å². The van der Waals surface area contributed by atoms with Crippen molar-refractivity contribution < 1.29 is 4.79 Å². The van der Waals surface area contributed by atoms with Gasteiger partial charge in [0.15, 0.2) is 0 Å². The number of ketones is 1. The Labute approximate surface area is 74.5 Å². The number of allylic oxidation sites excluding steroid dienone is 5. The molecule has 0 saturated heterocycles. The summed E-state index contributed by atoms with van der Waals surface area (Å²) in [6.45, 7) is 5.55. The molecule has 0 N–H and O–H groups in total. The number of hydrogen-bond acceptors (Lipinski definition) is 1. The maximum Gasteiger partial charge on any atom is 0.136 e. The van der Waals surface area contributed by atoms with Gasteiger partial charge in [-0.2, -0.15) is 0 Å². The highest BCUT2D eigenvalue weighted by Gasteiger charge is 1.94. The average molecular weight is 164 g/mol. The minimum atomic E-state index is 0.306. The van der Waals surface area contributed by atoms with Crippen molar-refractivity contribution in [3.63, 3.8) is 0 Å². The molecule has 0 heterocycles. The predicted octanol–water partition coefficient (Wildman–Crippen LogP) is 3.04. The lowest BCUT2D eigenvalue weighted by Gasteiger charge is -1.90. The molecule has 0 amide bonds. The van der Waals surface area contributed by atoms with Crippen molar-refractivity contribution in [2.75, 3.05) is 0 Å². The summed E-state index contributed by atoms with van der Waals surface area (Å²) in [4.78, 5) is 11.0. The molecule has 0 radical (unpaired) electrons. The monoisotopic (exact) mass is 164 g/mol. The maximum absolute atomic E-state index is 11.0. The Morgan fingerprint density at radius 1 is 1.33 bits per heavy atom. The second-order valence-corrected chi connectivity index (χ2v) is 2.54. The van der Waals surface area contributed by atoms with Gasteiger partial charge in [-0.15, -0.1) is 0 Å².